The molecule has 1 aromatic heterocycles. The highest BCUT2D eigenvalue weighted by Gasteiger charge is 2.33. The molecule has 2 heterocycles. The third-order valence-corrected chi connectivity index (χ3v) is 5.17. The number of para-hydroxylation sites is 1. The fourth-order valence-corrected chi connectivity index (χ4v) is 3.75. The van der Waals surface area contributed by atoms with Gasteiger partial charge in [0.15, 0.2) is 5.96 Å². The minimum absolute atomic E-state index is 0. The molecule has 4 rings (SSSR count). The van der Waals surface area contributed by atoms with Crippen LogP contribution in [0.4, 0.5) is 4.39 Å². The number of halogens is 2. The molecule has 31 heavy (non-hydrogen) atoms. The minimum atomic E-state index is -0.296. The van der Waals surface area contributed by atoms with Crippen molar-refractivity contribution < 1.29 is 9.13 Å². The number of aliphatic imine (C=N–C) groups is 1. The minimum Gasteiger partial charge on any atom is -0.487 e. The highest BCUT2D eigenvalue weighted by molar-refractivity contribution is 14.0. The highest BCUT2D eigenvalue weighted by Crippen LogP contribution is 2.39. The highest BCUT2D eigenvalue weighted by atomic mass is 127. The summed E-state index contributed by atoms with van der Waals surface area (Å²) in [5, 5.41) is 6.77. The van der Waals surface area contributed by atoms with E-state index in [2.05, 4.69) is 40.5 Å². The Morgan fingerprint density at radius 3 is 2.81 bits per heavy atom. The van der Waals surface area contributed by atoms with Crippen LogP contribution in [0, 0.1) is 5.82 Å². The number of ether oxygens (including phenoxy) is 1. The van der Waals surface area contributed by atoms with E-state index in [4.69, 9.17) is 4.74 Å². The Labute approximate surface area is 199 Å². The summed E-state index contributed by atoms with van der Waals surface area (Å²) in [6, 6.07) is 13.3. The van der Waals surface area contributed by atoms with E-state index in [0.29, 0.717) is 18.2 Å². The molecule has 164 valence electrons. The summed E-state index contributed by atoms with van der Waals surface area (Å²) in [5.41, 5.74) is 2.12. The molecule has 2 aromatic carbocycles. The molecule has 2 N–H and O–H groups in total. The van der Waals surface area contributed by atoms with Crippen molar-refractivity contribution in [1.29, 1.82) is 0 Å². The van der Waals surface area contributed by atoms with Gasteiger partial charge in [-0.3, -0.25) is 4.99 Å². The van der Waals surface area contributed by atoms with Gasteiger partial charge >= 0.3 is 0 Å². The number of hydrogen-bond donors (Lipinski definition) is 2. The predicted molar refractivity (Wildman–Crippen MR) is 131 cm³/mol. The Balaban J connectivity index is 0.00000272. The van der Waals surface area contributed by atoms with E-state index in [1.165, 1.54) is 6.07 Å². The Morgan fingerprint density at radius 1 is 1.29 bits per heavy atom. The molecule has 3 aromatic rings. The topological polar surface area (TPSA) is 63.5 Å². The first-order valence-electron chi connectivity index (χ1n) is 9.97. The van der Waals surface area contributed by atoms with Crippen molar-refractivity contribution in [1.82, 2.24) is 20.2 Å². The summed E-state index contributed by atoms with van der Waals surface area (Å²) in [4.78, 5) is 8.31. The van der Waals surface area contributed by atoms with Crippen LogP contribution in [0.5, 0.6) is 5.75 Å². The second kappa shape index (κ2) is 9.67. The molecule has 0 fully saturated rings. The number of rotatable bonds is 4. The summed E-state index contributed by atoms with van der Waals surface area (Å²) >= 11 is 0. The molecule has 1 aliphatic rings. The fraction of sp³-hybridized carbons (Fsp3) is 0.304. The monoisotopic (exact) mass is 535 g/mol. The number of nitrogens with zero attached hydrogens (tertiary/aromatic N) is 3. The number of benzene rings is 2. The maximum absolute atomic E-state index is 14.5. The lowest BCUT2D eigenvalue weighted by Gasteiger charge is -2.38. The van der Waals surface area contributed by atoms with Gasteiger partial charge in [-0.15, -0.1) is 24.0 Å². The van der Waals surface area contributed by atoms with Gasteiger partial charge in [-0.1, -0.05) is 24.3 Å². The lowest BCUT2D eigenvalue weighted by Crippen LogP contribution is -2.45. The Kier molecular flexibility index (Phi) is 7.19. The van der Waals surface area contributed by atoms with Crippen LogP contribution in [-0.4, -0.2) is 28.2 Å². The van der Waals surface area contributed by atoms with Crippen LogP contribution >= 0.6 is 24.0 Å². The maximum Gasteiger partial charge on any atom is 0.191 e. The van der Waals surface area contributed by atoms with Crippen LogP contribution in [0.3, 0.4) is 0 Å². The number of hydrogen-bond acceptors (Lipinski definition) is 3. The second-order valence-electron chi connectivity index (χ2n) is 7.98. The van der Waals surface area contributed by atoms with Gasteiger partial charge in [-0.2, -0.15) is 0 Å². The van der Waals surface area contributed by atoms with E-state index in [0.717, 1.165) is 23.3 Å². The van der Waals surface area contributed by atoms with E-state index < -0.39 is 0 Å². The Morgan fingerprint density at radius 2 is 2.10 bits per heavy atom. The zero-order chi connectivity index (χ0) is 21.1. The van der Waals surface area contributed by atoms with Gasteiger partial charge in [-0.25, -0.2) is 9.37 Å². The molecule has 8 heteroatoms. The molecule has 0 amide bonds. The van der Waals surface area contributed by atoms with Gasteiger partial charge in [-0.05, 0) is 37.6 Å². The second-order valence-corrected chi connectivity index (χ2v) is 7.98. The van der Waals surface area contributed by atoms with Crippen molar-refractivity contribution in [3.05, 3.63) is 78.1 Å². The van der Waals surface area contributed by atoms with Gasteiger partial charge in [0.1, 0.15) is 17.2 Å². The van der Waals surface area contributed by atoms with E-state index in [-0.39, 0.29) is 41.4 Å². The SMILES string of the molecule is CN=C(NCc1ccc(-n2ccnc2)c(F)c1)NC1CC(C)(C)Oc2ccccc21.I. The molecule has 0 saturated carbocycles. The van der Waals surface area contributed by atoms with E-state index >= 15 is 0 Å². The number of guanidine groups is 1. The van der Waals surface area contributed by atoms with Crippen molar-refractivity contribution in [2.75, 3.05) is 7.05 Å². The summed E-state index contributed by atoms with van der Waals surface area (Å²) in [6.07, 6.45) is 5.73. The van der Waals surface area contributed by atoms with E-state index in [1.807, 2.05) is 24.3 Å². The van der Waals surface area contributed by atoms with Gasteiger partial charge in [0, 0.05) is 38.0 Å². The van der Waals surface area contributed by atoms with Crippen LogP contribution in [-0.2, 0) is 6.54 Å². The molecular weight excluding hydrogens is 508 g/mol. The predicted octanol–water partition coefficient (Wildman–Crippen LogP) is 4.60. The lowest BCUT2D eigenvalue weighted by atomic mass is 9.90. The van der Waals surface area contributed by atoms with Crippen LogP contribution < -0.4 is 15.4 Å². The van der Waals surface area contributed by atoms with Crippen LogP contribution in [0.15, 0.2) is 66.2 Å². The van der Waals surface area contributed by atoms with Crippen molar-refractivity contribution in [3.63, 3.8) is 0 Å². The number of fused-ring (bicyclic) bond motifs is 1. The zero-order valence-electron chi connectivity index (χ0n) is 17.8. The van der Waals surface area contributed by atoms with Gasteiger partial charge in [0.25, 0.3) is 0 Å². The Hall–Kier alpha value is -2.62. The van der Waals surface area contributed by atoms with E-state index in [9.17, 15) is 4.39 Å². The lowest BCUT2D eigenvalue weighted by molar-refractivity contribution is 0.0694. The van der Waals surface area contributed by atoms with Crippen LogP contribution in [0.1, 0.15) is 37.4 Å². The summed E-state index contributed by atoms with van der Waals surface area (Å²) in [7, 11) is 1.73. The summed E-state index contributed by atoms with van der Waals surface area (Å²) in [6.45, 7) is 4.62. The normalized spacial score (nSPS) is 17.2. The molecule has 0 spiro atoms. The quantitative estimate of drug-likeness (QED) is 0.292. The Bertz CT molecular complexity index is 1050. The van der Waals surface area contributed by atoms with Crippen LogP contribution in [0.25, 0.3) is 5.69 Å². The van der Waals surface area contributed by atoms with Gasteiger partial charge in [0.05, 0.1) is 18.1 Å². The standard InChI is InChI=1S/C23H26FN5O.HI/c1-23(2)13-19(17-6-4-5-7-21(17)30-23)28-22(25-3)27-14-16-8-9-20(18(24)12-16)29-11-10-26-15-29;/h4-12,15,19H,13-14H2,1-3H3,(H2,25,27,28);1H. The molecule has 1 aliphatic heterocycles. The average molecular weight is 535 g/mol. The third kappa shape index (κ3) is 5.36. The maximum atomic E-state index is 14.5. The smallest absolute Gasteiger partial charge is 0.191 e. The first-order valence-corrected chi connectivity index (χ1v) is 9.97. The van der Waals surface area contributed by atoms with E-state index in [1.54, 1.807) is 36.4 Å². The summed E-state index contributed by atoms with van der Waals surface area (Å²) in [5.74, 6) is 1.25. The molecule has 1 atom stereocenters. The largest absolute Gasteiger partial charge is 0.487 e. The molecule has 1 unspecified atom stereocenters. The molecule has 0 bridgehead atoms. The third-order valence-electron chi connectivity index (χ3n) is 5.17. The molecule has 0 aliphatic carbocycles. The first kappa shape index (κ1) is 23.1. The molecule has 6 nitrogen and oxygen atoms in total. The van der Waals surface area contributed by atoms with Crippen molar-refractivity contribution in [3.8, 4) is 11.4 Å². The van der Waals surface area contributed by atoms with Crippen molar-refractivity contribution in [2.45, 2.75) is 38.5 Å². The fourth-order valence-electron chi connectivity index (χ4n) is 3.75. The number of imidazole rings is 1. The summed E-state index contributed by atoms with van der Waals surface area (Å²) < 4.78 is 22.3. The zero-order valence-corrected chi connectivity index (χ0v) is 20.1. The molecular formula is C23H27FIN5O. The molecule has 0 saturated heterocycles. The van der Waals surface area contributed by atoms with Crippen LogP contribution in [0.2, 0.25) is 0 Å². The van der Waals surface area contributed by atoms with Gasteiger partial charge in [0.2, 0.25) is 0 Å². The number of nitrogens with one attached hydrogen (secondary N) is 2. The number of aromatic nitrogens is 2. The first-order chi connectivity index (χ1) is 14.4. The molecule has 0 radical (unpaired) electrons. The average Bonchev–Trinajstić information content (AvgIpc) is 3.24. The van der Waals surface area contributed by atoms with Gasteiger partial charge < -0.3 is 19.9 Å². The van der Waals surface area contributed by atoms with Crippen molar-refractivity contribution >= 4 is 29.9 Å². The van der Waals surface area contributed by atoms with Crippen molar-refractivity contribution in [2.24, 2.45) is 4.99 Å².